The molecule has 1 atom stereocenters. The molecule has 1 aliphatic rings. The number of rotatable bonds is 7. The number of halogens is 1. The second-order valence-corrected chi connectivity index (χ2v) is 8.87. The molecule has 0 spiro atoms. The van der Waals surface area contributed by atoms with Crippen LogP contribution in [0.15, 0.2) is 65.7 Å². The van der Waals surface area contributed by atoms with Crippen LogP contribution in [0.25, 0.3) is 0 Å². The number of hydrogen-bond donors (Lipinski definition) is 2. The van der Waals surface area contributed by atoms with E-state index in [1.807, 2.05) is 36.4 Å². The van der Waals surface area contributed by atoms with Crippen LogP contribution in [0.2, 0.25) is 0 Å². The summed E-state index contributed by atoms with van der Waals surface area (Å²) in [5, 5.41) is 3.19. The predicted octanol–water partition coefficient (Wildman–Crippen LogP) is 2.79. The van der Waals surface area contributed by atoms with Crippen LogP contribution >= 0.6 is 24.0 Å². The van der Waals surface area contributed by atoms with Crippen LogP contribution in [-0.2, 0) is 16.6 Å². The van der Waals surface area contributed by atoms with Crippen LogP contribution in [0.5, 0.6) is 0 Å². The minimum absolute atomic E-state index is 0. The van der Waals surface area contributed by atoms with E-state index >= 15 is 0 Å². The van der Waals surface area contributed by atoms with E-state index in [9.17, 15) is 8.42 Å². The largest absolute Gasteiger partial charge is 0.355 e. The van der Waals surface area contributed by atoms with Gasteiger partial charge in [0.15, 0.2) is 5.96 Å². The first-order chi connectivity index (χ1) is 13.6. The quantitative estimate of drug-likeness (QED) is 0.330. The molecule has 0 radical (unpaired) electrons. The van der Waals surface area contributed by atoms with E-state index in [2.05, 4.69) is 44.2 Å². The Labute approximate surface area is 190 Å². The third-order valence-corrected chi connectivity index (χ3v) is 6.29. The first-order valence-electron chi connectivity index (χ1n) is 9.59. The molecule has 158 valence electrons. The molecule has 2 N–H and O–H groups in total. The molecule has 1 aliphatic heterocycles. The normalized spacial score (nSPS) is 17.1. The van der Waals surface area contributed by atoms with E-state index in [-0.39, 0.29) is 29.7 Å². The maximum Gasteiger partial charge on any atom is 0.213 e. The average Bonchev–Trinajstić information content (AvgIpc) is 3.21. The molecule has 2 aromatic rings. The molecular formula is C21H29IN4O2S. The molecule has 0 saturated carbocycles. The number of hydrogen-bond acceptors (Lipinski definition) is 3. The monoisotopic (exact) mass is 528 g/mol. The fourth-order valence-corrected chi connectivity index (χ4v) is 4.34. The molecule has 29 heavy (non-hydrogen) atoms. The van der Waals surface area contributed by atoms with Gasteiger partial charge in [-0.3, -0.25) is 4.99 Å². The Balaban J connectivity index is 0.00000300. The summed E-state index contributed by atoms with van der Waals surface area (Å²) in [6.07, 6.45) is 1.07. The van der Waals surface area contributed by atoms with Gasteiger partial charge >= 0.3 is 0 Å². The van der Waals surface area contributed by atoms with Crippen LogP contribution < -0.4 is 10.0 Å². The maximum absolute atomic E-state index is 12.2. The lowest BCUT2D eigenvalue weighted by molar-refractivity contribution is 0.488. The lowest BCUT2D eigenvalue weighted by Gasteiger charge is -2.22. The topological polar surface area (TPSA) is 73.8 Å². The third kappa shape index (κ3) is 7.27. The number of sulfonamides is 1. The summed E-state index contributed by atoms with van der Waals surface area (Å²) in [6.45, 7) is 2.44. The van der Waals surface area contributed by atoms with Crippen molar-refractivity contribution in [2.24, 2.45) is 4.99 Å². The summed E-state index contributed by atoms with van der Waals surface area (Å²) in [4.78, 5) is 6.52. The number of guanidine groups is 1. The molecule has 3 rings (SSSR count). The Hall–Kier alpha value is -1.65. The van der Waals surface area contributed by atoms with Gasteiger partial charge in [0, 0.05) is 39.1 Å². The summed E-state index contributed by atoms with van der Waals surface area (Å²) in [5.41, 5.74) is 2.28. The van der Waals surface area contributed by atoms with Gasteiger partial charge in [0.25, 0.3) is 0 Å². The Morgan fingerprint density at radius 2 is 1.76 bits per heavy atom. The Morgan fingerprint density at radius 3 is 2.41 bits per heavy atom. The number of nitrogens with zero attached hydrogens (tertiary/aromatic N) is 2. The van der Waals surface area contributed by atoms with Crippen LogP contribution in [0, 0.1) is 0 Å². The second kappa shape index (κ2) is 11.5. The van der Waals surface area contributed by atoms with Gasteiger partial charge in [-0.05, 0) is 17.5 Å². The van der Waals surface area contributed by atoms with Crippen LogP contribution in [0.1, 0.15) is 23.5 Å². The van der Waals surface area contributed by atoms with Gasteiger partial charge in [-0.2, -0.15) is 0 Å². The predicted molar refractivity (Wildman–Crippen MR) is 129 cm³/mol. The minimum Gasteiger partial charge on any atom is -0.355 e. The van der Waals surface area contributed by atoms with Gasteiger partial charge in [-0.15, -0.1) is 24.0 Å². The van der Waals surface area contributed by atoms with Gasteiger partial charge in [0.05, 0.1) is 5.75 Å². The molecule has 0 amide bonds. The van der Waals surface area contributed by atoms with Crippen molar-refractivity contribution in [3.05, 3.63) is 71.8 Å². The molecule has 8 heteroatoms. The van der Waals surface area contributed by atoms with E-state index in [4.69, 9.17) is 0 Å². The highest BCUT2D eigenvalue weighted by atomic mass is 127. The molecule has 2 aromatic carbocycles. The highest BCUT2D eigenvalue weighted by molar-refractivity contribution is 14.0. The summed E-state index contributed by atoms with van der Waals surface area (Å²) < 4.78 is 27.1. The van der Waals surface area contributed by atoms with E-state index in [0.29, 0.717) is 19.0 Å². The third-order valence-electron chi connectivity index (χ3n) is 4.96. The average molecular weight is 528 g/mol. The second-order valence-electron chi connectivity index (χ2n) is 6.94. The maximum atomic E-state index is 12.2. The SMILES string of the molecule is CN=C(NCCS(=O)(=O)NCc1ccccc1)N1CCC(c2ccccc2)C1.I. The van der Waals surface area contributed by atoms with Gasteiger partial charge in [0.1, 0.15) is 0 Å². The summed E-state index contributed by atoms with van der Waals surface area (Å²) >= 11 is 0. The first-order valence-corrected chi connectivity index (χ1v) is 11.2. The van der Waals surface area contributed by atoms with E-state index in [0.717, 1.165) is 31.0 Å². The Morgan fingerprint density at radius 1 is 1.10 bits per heavy atom. The van der Waals surface area contributed by atoms with Crippen LogP contribution in [0.4, 0.5) is 0 Å². The highest BCUT2D eigenvalue weighted by Gasteiger charge is 2.26. The Kier molecular flexibility index (Phi) is 9.38. The van der Waals surface area contributed by atoms with Crippen molar-refractivity contribution in [2.75, 3.05) is 32.4 Å². The van der Waals surface area contributed by atoms with Crippen molar-refractivity contribution in [1.29, 1.82) is 0 Å². The number of aliphatic imine (C=N–C) groups is 1. The lowest BCUT2D eigenvalue weighted by atomic mass is 9.99. The smallest absolute Gasteiger partial charge is 0.213 e. The first kappa shape index (κ1) is 23.6. The molecular weight excluding hydrogens is 499 g/mol. The van der Waals surface area contributed by atoms with Crippen molar-refractivity contribution in [2.45, 2.75) is 18.9 Å². The lowest BCUT2D eigenvalue weighted by Crippen LogP contribution is -2.42. The van der Waals surface area contributed by atoms with Crippen molar-refractivity contribution in [3.63, 3.8) is 0 Å². The van der Waals surface area contributed by atoms with Gasteiger partial charge in [-0.1, -0.05) is 60.7 Å². The van der Waals surface area contributed by atoms with Gasteiger partial charge in [0.2, 0.25) is 10.0 Å². The van der Waals surface area contributed by atoms with E-state index < -0.39 is 10.0 Å². The summed E-state index contributed by atoms with van der Waals surface area (Å²) in [6, 6.07) is 20.0. The van der Waals surface area contributed by atoms with E-state index in [1.54, 1.807) is 7.05 Å². The standard InChI is InChI=1S/C21H28N4O2S.HI/c1-22-21(25-14-12-20(17-25)19-10-6-3-7-11-19)23-13-15-28(26,27)24-16-18-8-4-2-5-9-18;/h2-11,20,24H,12-17H2,1H3,(H,22,23);1H. The molecule has 0 bridgehead atoms. The van der Waals surface area contributed by atoms with Crippen LogP contribution in [0.3, 0.4) is 0 Å². The van der Waals surface area contributed by atoms with Gasteiger partial charge < -0.3 is 10.2 Å². The zero-order valence-corrected chi connectivity index (χ0v) is 19.8. The number of benzene rings is 2. The Bertz CT molecular complexity index is 876. The molecule has 1 heterocycles. The zero-order chi connectivity index (χ0) is 19.8. The number of likely N-dealkylation sites (tertiary alicyclic amines) is 1. The summed E-state index contributed by atoms with van der Waals surface area (Å²) in [5.74, 6) is 1.25. The fraction of sp³-hybridized carbons (Fsp3) is 0.381. The molecule has 0 aliphatic carbocycles. The number of nitrogens with one attached hydrogen (secondary N) is 2. The van der Waals surface area contributed by atoms with Crippen molar-refractivity contribution < 1.29 is 8.42 Å². The molecule has 0 aromatic heterocycles. The zero-order valence-electron chi connectivity index (χ0n) is 16.6. The highest BCUT2D eigenvalue weighted by Crippen LogP contribution is 2.26. The summed E-state index contributed by atoms with van der Waals surface area (Å²) in [7, 11) is -1.61. The van der Waals surface area contributed by atoms with E-state index in [1.165, 1.54) is 5.56 Å². The van der Waals surface area contributed by atoms with Crippen LogP contribution in [-0.4, -0.2) is 51.7 Å². The van der Waals surface area contributed by atoms with Crippen molar-refractivity contribution in [1.82, 2.24) is 14.9 Å². The molecule has 6 nitrogen and oxygen atoms in total. The molecule has 1 unspecified atom stereocenters. The fourth-order valence-electron chi connectivity index (χ4n) is 3.44. The molecule has 1 saturated heterocycles. The minimum atomic E-state index is -3.35. The van der Waals surface area contributed by atoms with Crippen molar-refractivity contribution >= 4 is 40.0 Å². The molecule has 1 fully saturated rings. The van der Waals surface area contributed by atoms with Crippen molar-refractivity contribution in [3.8, 4) is 0 Å². The van der Waals surface area contributed by atoms with Gasteiger partial charge in [-0.25, -0.2) is 13.1 Å².